The number of piperidine rings is 1. The van der Waals surface area contributed by atoms with Gasteiger partial charge in [0.25, 0.3) is 0 Å². The van der Waals surface area contributed by atoms with Crippen LogP contribution in [0.1, 0.15) is 40.0 Å². The molecule has 1 aliphatic heterocycles. The maximum atomic E-state index is 11.2. The highest BCUT2D eigenvalue weighted by Gasteiger charge is 2.29. The van der Waals surface area contributed by atoms with Gasteiger partial charge in [0.15, 0.2) is 0 Å². The lowest BCUT2D eigenvalue weighted by atomic mass is 9.98. The van der Waals surface area contributed by atoms with E-state index in [1.54, 1.807) is 0 Å². The monoisotopic (exact) mass is 227 g/mol. The zero-order chi connectivity index (χ0) is 12.2. The molecule has 1 rings (SSSR count). The summed E-state index contributed by atoms with van der Waals surface area (Å²) in [6.07, 6.45) is 3.43. The minimum atomic E-state index is -0.586. The van der Waals surface area contributed by atoms with E-state index in [4.69, 9.17) is 5.73 Å². The Morgan fingerprint density at radius 1 is 1.44 bits per heavy atom. The van der Waals surface area contributed by atoms with Crippen LogP contribution in [0.5, 0.6) is 0 Å². The fraction of sp³-hybridized carbons (Fsp3) is 0.917. The van der Waals surface area contributed by atoms with Crippen LogP contribution in [-0.4, -0.2) is 42.0 Å². The summed E-state index contributed by atoms with van der Waals surface area (Å²) in [5.41, 5.74) is 4.76. The van der Waals surface area contributed by atoms with E-state index in [1.165, 1.54) is 13.0 Å². The third-order valence-corrected chi connectivity index (χ3v) is 3.31. The Labute approximate surface area is 98.6 Å². The number of hydrogen-bond donors (Lipinski definition) is 2. The van der Waals surface area contributed by atoms with Gasteiger partial charge in [0.2, 0.25) is 5.91 Å². The van der Waals surface area contributed by atoms with Gasteiger partial charge in [-0.15, -0.1) is 0 Å². The molecular weight excluding hydrogens is 202 g/mol. The van der Waals surface area contributed by atoms with Gasteiger partial charge in [0, 0.05) is 6.04 Å². The first-order valence-electron chi connectivity index (χ1n) is 6.25. The average Bonchev–Trinajstić information content (AvgIpc) is 2.21. The Balaban J connectivity index is 2.34. The summed E-state index contributed by atoms with van der Waals surface area (Å²) >= 11 is 0. The molecule has 16 heavy (non-hydrogen) atoms. The van der Waals surface area contributed by atoms with Crippen molar-refractivity contribution in [2.75, 3.05) is 19.6 Å². The van der Waals surface area contributed by atoms with Crippen LogP contribution in [0.4, 0.5) is 0 Å². The maximum absolute atomic E-state index is 11.2. The normalized spacial score (nSPS) is 19.9. The number of nitrogens with two attached hydrogens (primary N) is 1. The minimum absolute atomic E-state index is 0.275. The molecule has 1 amide bonds. The van der Waals surface area contributed by atoms with Crippen LogP contribution in [0.25, 0.3) is 0 Å². The fourth-order valence-electron chi connectivity index (χ4n) is 2.20. The van der Waals surface area contributed by atoms with Gasteiger partial charge in [0.05, 0.1) is 5.54 Å². The molecular formula is C12H25N3O. The van der Waals surface area contributed by atoms with Gasteiger partial charge in [-0.05, 0) is 52.7 Å². The number of nitrogens with one attached hydrogen (secondary N) is 1. The number of carbonyl (C=O) groups excluding carboxylic acids is 1. The molecule has 94 valence electrons. The number of hydrogen-bond acceptors (Lipinski definition) is 3. The minimum Gasteiger partial charge on any atom is -0.368 e. The smallest absolute Gasteiger partial charge is 0.237 e. The number of carbonyl (C=O) groups is 1. The van der Waals surface area contributed by atoms with Gasteiger partial charge in [-0.3, -0.25) is 4.79 Å². The van der Waals surface area contributed by atoms with E-state index in [0.717, 1.165) is 25.9 Å². The lowest BCUT2D eigenvalue weighted by Crippen LogP contribution is -2.56. The molecule has 4 nitrogen and oxygen atoms in total. The molecule has 3 N–H and O–H groups in total. The highest BCUT2D eigenvalue weighted by atomic mass is 16.1. The zero-order valence-electron chi connectivity index (χ0n) is 10.8. The number of likely N-dealkylation sites (tertiary alicyclic amines) is 1. The van der Waals surface area contributed by atoms with Gasteiger partial charge >= 0.3 is 0 Å². The Morgan fingerprint density at radius 2 is 2.00 bits per heavy atom. The fourth-order valence-corrected chi connectivity index (χ4v) is 2.20. The summed E-state index contributed by atoms with van der Waals surface area (Å²) in [5.74, 6) is -0.275. The van der Waals surface area contributed by atoms with Gasteiger partial charge in [0.1, 0.15) is 0 Å². The zero-order valence-corrected chi connectivity index (χ0v) is 10.8. The van der Waals surface area contributed by atoms with Crippen LogP contribution in [0.2, 0.25) is 0 Å². The summed E-state index contributed by atoms with van der Waals surface area (Å²) in [5, 5.41) is 3.36. The summed E-state index contributed by atoms with van der Waals surface area (Å²) < 4.78 is 0. The topological polar surface area (TPSA) is 58.4 Å². The molecule has 0 spiro atoms. The van der Waals surface area contributed by atoms with Gasteiger partial charge in [-0.2, -0.15) is 0 Å². The van der Waals surface area contributed by atoms with Crippen molar-refractivity contribution >= 4 is 5.91 Å². The van der Waals surface area contributed by atoms with Crippen molar-refractivity contribution in [3.8, 4) is 0 Å². The summed E-state index contributed by atoms with van der Waals surface area (Å²) in [7, 11) is 0. The van der Waals surface area contributed by atoms with Crippen LogP contribution in [0.3, 0.4) is 0 Å². The van der Waals surface area contributed by atoms with Crippen molar-refractivity contribution in [3.63, 3.8) is 0 Å². The first kappa shape index (κ1) is 13.5. The van der Waals surface area contributed by atoms with E-state index in [2.05, 4.69) is 17.1 Å². The third-order valence-electron chi connectivity index (χ3n) is 3.31. The van der Waals surface area contributed by atoms with Crippen molar-refractivity contribution in [1.29, 1.82) is 0 Å². The standard InChI is InChI=1S/C12H25N3O/c1-4-7-15-8-5-10(6-9-15)14-12(2,3)11(13)16/h10,14H,4-9H2,1-3H3,(H2,13,16). The first-order valence-corrected chi connectivity index (χ1v) is 6.25. The third kappa shape index (κ3) is 3.76. The van der Waals surface area contributed by atoms with Crippen LogP contribution in [0.15, 0.2) is 0 Å². The van der Waals surface area contributed by atoms with Crippen molar-refractivity contribution in [1.82, 2.24) is 10.2 Å². The van der Waals surface area contributed by atoms with E-state index >= 15 is 0 Å². The maximum Gasteiger partial charge on any atom is 0.237 e. The molecule has 1 heterocycles. The van der Waals surface area contributed by atoms with Crippen LogP contribution in [0, 0.1) is 0 Å². The number of rotatable bonds is 5. The summed E-state index contributed by atoms with van der Waals surface area (Å²) in [6.45, 7) is 9.36. The van der Waals surface area contributed by atoms with E-state index < -0.39 is 5.54 Å². The van der Waals surface area contributed by atoms with Crippen molar-refractivity contribution < 1.29 is 4.79 Å². The van der Waals surface area contributed by atoms with Gasteiger partial charge in [-0.1, -0.05) is 6.92 Å². The molecule has 0 aromatic carbocycles. The number of amides is 1. The highest BCUT2D eigenvalue weighted by molar-refractivity contribution is 5.83. The predicted molar refractivity (Wildman–Crippen MR) is 66.2 cm³/mol. The molecule has 0 aliphatic carbocycles. The molecule has 1 aliphatic rings. The van der Waals surface area contributed by atoms with Crippen LogP contribution < -0.4 is 11.1 Å². The summed E-state index contributed by atoms with van der Waals surface area (Å²) in [6, 6.07) is 0.426. The lowest BCUT2D eigenvalue weighted by molar-refractivity contribution is -0.123. The van der Waals surface area contributed by atoms with E-state index in [1.807, 2.05) is 13.8 Å². The molecule has 4 heteroatoms. The predicted octanol–water partition coefficient (Wildman–Crippen LogP) is 0.714. The Bertz CT molecular complexity index is 232. The van der Waals surface area contributed by atoms with Crippen molar-refractivity contribution in [3.05, 3.63) is 0 Å². The van der Waals surface area contributed by atoms with E-state index in [-0.39, 0.29) is 5.91 Å². The second-order valence-electron chi connectivity index (χ2n) is 5.25. The Kier molecular flexibility index (Phi) is 4.74. The molecule has 0 unspecified atom stereocenters. The van der Waals surface area contributed by atoms with Gasteiger partial charge in [-0.25, -0.2) is 0 Å². The largest absolute Gasteiger partial charge is 0.368 e. The van der Waals surface area contributed by atoms with Gasteiger partial charge < -0.3 is 16.0 Å². The highest BCUT2D eigenvalue weighted by Crippen LogP contribution is 2.14. The molecule has 1 fully saturated rings. The van der Waals surface area contributed by atoms with E-state index in [9.17, 15) is 4.79 Å². The second kappa shape index (κ2) is 5.64. The lowest BCUT2D eigenvalue weighted by Gasteiger charge is -2.36. The quantitative estimate of drug-likeness (QED) is 0.727. The molecule has 0 aromatic rings. The Morgan fingerprint density at radius 3 is 2.44 bits per heavy atom. The van der Waals surface area contributed by atoms with Crippen LogP contribution >= 0.6 is 0 Å². The van der Waals surface area contributed by atoms with E-state index in [0.29, 0.717) is 6.04 Å². The molecule has 1 saturated heterocycles. The van der Waals surface area contributed by atoms with Crippen molar-refractivity contribution in [2.24, 2.45) is 5.73 Å². The second-order valence-corrected chi connectivity index (χ2v) is 5.25. The van der Waals surface area contributed by atoms with Crippen LogP contribution in [-0.2, 0) is 4.79 Å². The summed E-state index contributed by atoms with van der Waals surface area (Å²) in [4.78, 5) is 13.7. The average molecular weight is 227 g/mol. The number of primary amides is 1. The molecule has 0 radical (unpaired) electrons. The molecule has 0 aromatic heterocycles. The number of nitrogens with zero attached hydrogens (tertiary/aromatic N) is 1. The molecule has 0 bridgehead atoms. The first-order chi connectivity index (χ1) is 7.45. The SMILES string of the molecule is CCCN1CCC(NC(C)(C)C(N)=O)CC1. The van der Waals surface area contributed by atoms with Crippen molar-refractivity contribution in [2.45, 2.75) is 51.6 Å². The Hall–Kier alpha value is -0.610. The molecule has 0 saturated carbocycles. The molecule has 0 atom stereocenters.